The molecule has 6 nitrogen and oxygen atoms in total. The molecular formula is C17H23N3O3S. The Labute approximate surface area is 142 Å². The number of hydrazone groups is 1. The van der Waals surface area contributed by atoms with Crippen molar-refractivity contribution < 1.29 is 13.2 Å². The maximum Gasteiger partial charge on any atom is 0.335 e. The van der Waals surface area contributed by atoms with Crippen LogP contribution in [-0.4, -0.2) is 37.7 Å². The molecule has 2 fully saturated rings. The largest absolute Gasteiger partial charge is 0.335 e. The minimum atomic E-state index is -2.99. The van der Waals surface area contributed by atoms with Crippen LogP contribution in [0.4, 0.5) is 4.79 Å². The van der Waals surface area contributed by atoms with Gasteiger partial charge in [0.15, 0.2) is 9.84 Å². The molecule has 1 saturated heterocycles. The van der Waals surface area contributed by atoms with Crippen molar-refractivity contribution in [2.75, 3.05) is 11.5 Å². The molecule has 0 spiro atoms. The number of rotatable bonds is 3. The van der Waals surface area contributed by atoms with E-state index in [1.807, 2.05) is 6.07 Å². The van der Waals surface area contributed by atoms with Gasteiger partial charge in [-0.3, -0.25) is 0 Å². The van der Waals surface area contributed by atoms with Crippen LogP contribution >= 0.6 is 0 Å². The first-order valence-corrected chi connectivity index (χ1v) is 10.2. The molecule has 2 amide bonds. The van der Waals surface area contributed by atoms with E-state index in [0.29, 0.717) is 12.3 Å². The number of carbonyl (C=O) groups is 1. The average Bonchev–Trinajstić information content (AvgIpc) is 2.93. The third-order valence-corrected chi connectivity index (χ3v) is 6.48. The summed E-state index contributed by atoms with van der Waals surface area (Å²) in [6.07, 6.45) is 4.29. The fourth-order valence-electron chi connectivity index (χ4n) is 3.38. The molecule has 1 heterocycles. The summed E-state index contributed by atoms with van der Waals surface area (Å²) in [5, 5.41) is 6.87. The van der Waals surface area contributed by atoms with Crippen molar-refractivity contribution in [3.8, 4) is 0 Å². The summed E-state index contributed by atoms with van der Waals surface area (Å²) in [5.74, 6) is 0.728. The average molecular weight is 349 g/mol. The Morgan fingerprint density at radius 3 is 2.42 bits per heavy atom. The normalized spacial score (nSPS) is 25.9. The van der Waals surface area contributed by atoms with Crippen LogP contribution in [-0.2, 0) is 9.84 Å². The second-order valence-electron chi connectivity index (χ2n) is 6.55. The summed E-state index contributed by atoms with van der Waals surface area (Å²) in [6.45, 7) is 0. The molecule has 1 aromatic carbocycles. The number of carbonyl (C=O) groups excluding carboxylic acids is 1. The molecule has 1 atom stereocenters. The fourth-order valence-corrected chi connectivity index (χ4v) is 5.05. The summed E-state index contributed by atoms with van der Waals surface area (Å²) >= 11 is 0. The van der Waals surface area contributed by atoms with Crippen LogP contribution in [0.5, 0.6) is 0 Å². The van der Waals surface area contributed by atoms with E-state index in [-0.39, 0.29) is 17.5 Å². The van der Waals surface area contributed by atoms with Crippen LogP contribution in [0.2, 0.25) is 0 Å². The van der Waals surface area contributed by atoms with Gasteiger partial charge in [0, 0.05) is 11.8 Å². The van der Waals surface area contributed by atoms with E-state index in [2.05, 4.69) is 40.1 Å². The van der Waals surface area contributed by atoms with E-state index in [4.69, 9.17) is 0 Å². The molecule has 2 N–H and O–H groups in total. The highest BCUT2D eigenvalue weighted by atomic mass is 32.2. The number of hydrogen-bond donors (Lipinski definition) is 2. The molecule has 0 bridgehead atoms. The smallest absolute Gasteiger partial charge is 0.333 e. The van der Waals surface area contributed by atoms with E-state index in [1.54, 1.807) is 0 Å². The number of hydrogen-bond acceptors (Lipinski definition) is 4. The van der Waals surface area contributed by atoms with Gasteiger partial charge in [-0.1, -0.05) is 30.3 Å². The Morgan fingerprint density at radius 2 is 1.79 bits per heavy atom. The topological polar surface area (TPSA) is 87.6 Å². The molecule has 2 aliphatic rings. The van der Waals surface area contributed by atoms with Crippen molar-refractivity contribution in [2.24, 2.45) is 5.10 Å². The zero-order valence-electron chi connectivity index (χ0n) is 13.6. The maximum absolute atomic E-state index is 11.8. The van der Waals surface area contributed by atoms with Crippen LogP contribution in [0, 0.1) is 0 Å². The summed E-state index contributed by atoms with van der Waals surface area (Å²) in [7, 11) is -2.99. The molecule has 0 aromatic heterocycles. The van der Waals surface area contributed by atoms with Crippen LogP contribution in [0.15, 0.2) is 35.4 Å². The van der Waals surface area contributed by atoms with Crippen molar-refractivity contribution in [1.82, 2.24) is 10.7 Å². The summed E-state index contributed by atoms with van der Waals surface area (Å²) in [4.78, 5) is 11.8. The van der Waals surface area contributed by atoms with Gasteiger partial charge in [-0.25, -0.2) is 18.6 Å². The molecule has 7 heteroatoms. The van der Waals surface area contributed by atoms with Crippen molar-refractivity contribution in [3.05, 3.63) is 35.9 Å². The van der Waals surface area contributed by atoms with E-state index in [1.165, 1.54) is 5.56 Å². The minimum absolute atomic E-state index is 0.0236. The Bertz CT molecular complexity index is 706. The van der Waals surface area contributed by atoms with E-state index in [9.17, 15) is 13.2 Å². The number of sulfone groups is 1. The van der Waals surface area contributed by atoms with Gasteiger partial charge in [0.2, 0.25) is 0 Å². The summed E-state index contributed by atoms with van der Waals surface area (Å²) in [6, 6.07) is 9.75. The van der Waals surface area contributed by atoms with E-state index in [0.717, 1.165) is 31.4 Å². The van der Waals surface area contributed by atoms with Crippen LogP contribution in [0.25, 0.3) is 0 Å². The molecule has 1 aliphatic carbocycles. The molecule has 1 saturated carbocycles. The predicted molar refractivity (Wildman–Crippen MR) is 93.8 cm³/mol. The lowest BCUT2D eigenvalue weighted by Crippen LogP contribution is -2.41. The lowest BCUT2D eigenvalue weighted by Gasteiger charge is -2.23. The Morgan fingerprint density at radius 1 is 1.08 bits per heavy atom. The summed E-state index contributed by atoms with van der Waals surface area (Å²) in [5.41, 5.74) is 4.87. The first-order valence-electron chi connectivity index (χ1n) is 8.39. The molecule has 1 unspecified atom stereocenters. The van der Waals surface area contributed by atoms with Gasteiger partial charge >= 0.3 is 6.03 Å². The van der Waals surface area contributed by atoms with Gasteiger partial charge in [-0.05, 0) is 43.6 Å². The van der Waals surface area contributed by atoms with Crippen molar-refractivity contribution in [3.63, 3.8) is 0 Å². The monoisotopic (exact) mass is 349 g/mol. The zero-order valence-corrected chi connectivity index (χ0v) is 14.4. The van der Waals surface area contributed by atoms with Crippen molar-refractivity contribution in [1.29, 1.82) is 0 Å². The van der Waals surface area contributed by atoms with E-state index >= 15 is 0 Å². The Hall–Kier alpha value is -1.89. The first kappa shape index (κ1) is 17.0. The highest BCUT2D eigenvalue weighted by molar-refractivity contribution is 7.91. The molecule has 3 rings (SSSR count). The second kappa shape index (κ2) is 7.34. The third kappa shape index (κ3) is 4.56. The zero-order chi connectivity index (χ0) is 17.0. The molecule has 130 valence electrons. The predicted octanol–water partition coefficient (Wildman–Crippen LogP) is 2.19. The molecular weight excluding hydrogens is 326 g/mol. The van der Waals surface area contributed by atoms with Crippen LogP contribution in [0.3, 0.4) is 0 Å². The van der Waals surface area contributed by atoms with Gasteiger partial charge in [0.05, 0.1) is 11.5 Å². The van der Waals surface area contributed by atoms with Gasteiger partial charge < -0.3 is 5.32 Å². The van der Waals surface area contributed by atoms with Crippen molar-refractivity contribution >= 4 is 21.6 Å². The maximum atomic E-state index is 11.8. The first-order chi connectivity index (χ1) is 11.5. The lowest BCUT2D eigenvalue weighted by molar-refractivity contribution is 0.238. The van der Waals surface area contributed by atoms with Gasteiger partial charge in [0.25, 0.3) is 0 Å². The quantitative estimate of drug-likeness (QED) is 0.820. The number of urea groups is 1. The number of nitrogens with zero attached hydrogens (tertiary/aromatic N) is 1. The number of benzene rings is 1. The number of amides is 2. The van der Waals surface area contributed by atoms with Gasteiger partial charge in [0.1, 0.15) is 0 Å². The van der Waals surface area contributed by atoms with Crippen LogP contribution in [0.1, 0.15) is 43.6 Å². The number of nitrogens with one attached hydrogen (secondary N) is 2. The standard InChI is InChI=1S/C17H23N3O3S/c21-17(18-16-10-11-24(22,23)12-16)20-19-15-8-6-14(7-9-15)13-4-2-1-3-5-13/h1-5,14,16H,6-12H2,(H2,18,20,21). The Balaban J connectivity index is 1.44. The van der Waals surface area contributed by atoms with Crippen LogP contribution < -0.4 is 10.7 Å². The molecule has 24 heavy (non-hydrogen) atoms. The van der Waals surface area contributed by atoms with Crippen molar-refractivity contribution in [2.45, 2.75) is 44.1 Å². The minimum Gasteiger partial charge on any atom is -0.333 e. The highest BCUT2D eigenvalue weighted by Crippen LogP contribution is 2.31. The molecule has 1 aliphatic heterocycles. The van der Waals surface area contributed by atoms with Gasteiger partial charge in [-0.2, -0.15) is 5.10 Å². The Kier molecular flexibility index (Phi) is 5.18. The van der Waals surface area contributed by atoms with E-state index < -0.39 is 15.9 Å². The fraction of sp³-hybridized carbons (Fsp3) is 0.529. The van der Waals surface area contributed by atoms with Gasteiger partial charge in [-0.15, -0.1) is 0 Å². The summed E-state index contributed by atoms with van der Waals surface area (Å²) < 4.78 is 22.8. The molecule has 0 radical (unpaired) electrons. The third-order valence-electron chi connectivity index (χ3n) is 4.72. The second-order valence-corrected chi connectivity index (χ2v) is 8.78. The highest BCUT2D eigenvalue weighted by Gasteiger charge is 2.28. The molecule has 1 aromatic rings. The lowest BCUT2D eigenvalue weighted by atomic mass is 9.83. The SMILES string of the molecule is O=C(NN=C1CCC(c2ccccc2)CC1)NC1CCS(=O)(=O)C1.